The van der Waals surface area contributed by atoms with E-state index >= 15 is 4.39 Å². The van der Waals surface area contributed by atoms with Crippen LogP contribution in [0.15, 0.2) is 62.5 Å². The fourth-order valence-electron chi connectivity index (χ4n) is 5.79. The van der Waals surface area contributed by atoms with Gasteiger partial charge < -0.3 is 14.7 Å². The number of ether oxygens (including phenoxy) is 1. The molecule has 0 radical (unpaired) electrons. The first-order chi connectivity index (χ1) is 19.6. The summed E-state index contributed by atoms with van der Waals surface area (Å²) in [5, 5.41) is 10.7. The number of hydrogen-bond acceptors (Lipinski definition) is 7. The zero-order chi connectivity index (χ0) is 29.5. The molecule has 1 amide bonds. The monoisotopic (exact) mass is 559 g/mol. The maximum atomic E-state index is 16.2. The van der Waals surface area contributed by atoms with Gasteiger partial charge >= 0.3 is 6.09 Å². The lowest BCUT2D eigenvalue weighted by molar-refractivity contribution is -0.000494. The third kappa shape index (κ3) is 5.13. The number of carbonyl (C=O) groups excluding carboxylic acids is 1. The minimum absolute atomic E-state index is 0.00219. The predicted octanol–water partition coefficient (Wildman–Crippen LogP) is 5.07. The van der Waals surface area contributed by atoms with Crippen LogP contribution in [-0.4, -0.2) is 77.1 Å². The van der Waals surface area contributed by atoms with Crippen LogP contribution in [0.4, 0.5) is 13.6 Å². The van der Waals surface area contributed by atoms with Crippen molar-refractivity contribution in [1.29, 1.82) is 0 Å². The third-order valence-electron chi connectivity index (χ3n) is 7.39. The van der Waals surface area contributed by atoms with Crippen LogP contribution in [0.3, 0.4) is 0 Å². The molecule has 1 N–H and O–H groups in total. The van der Waals surface area contributed by atoms with E-state index in [9.17, 15) is 14.3 Å². The number of aliphatic hydroxyl groups is 1. The summed E-state index contributed by atoms with van der Waals surface area (Å²) in [6.07, 6.45) is 8.26. The Morgan fingerprint density at radius 1 is 1.22 bits per heavy atom. The molecule has 3 aliphatic heterocycles. The van der Waals surface area contributed by atoms with Crippen LogP contribution < -0.4 is 0 Å². The van der Waals surface area contributed by atoms with E-state index in [2.05, 4.69) is 27.6 Å². The lowest BCUT2D eigenvalue weighted by atomic mass is 9.94. The molecule has 3 aliphatic rings. The molecular weight excluding hydrogens is 528 g/mol. The Kier molecular flexibility index (Phi) is 7.49. The fourth-order valence-corrected chi connectivity index (χ4v) is 5.79. The smallest absolute Gasteiger partial charge is 0.410 e. The molecule has 2 atom stereocenters. The van der Waals surface area contributed by atoms with Crippen LogP contribution in [-0.2, 0) is 4.74 Å². The van der Waals surface area contributed by atoms with Crippen LogP contribution in [0.2, 0.25) is 0 Å². The Balaban J connectivity index is 1.54. The number of allylic oxidation sites excluding steroid dienone is 2. The van der Waals surface area contributed by atoms with Crippen molar-refractivity contribution in [2.75, 3.05) is 19.8 Å². The van der Waals surface area contributed by atoms with Crippen LogP contribution in [0, 0.1) is 18.2 Å². The number of terminal acetylenes is 1. The fraction of sp³-hybridized carbons (Fsp3) is 0.355. The quantitative estimate of drug-likeness (QED) is 0.419. The first-order valence-corrected chi connectivity index (χ1v) is 13.3. The highest BCUT2D eigenvalue weighted by atomic mass is 19.1. The minimum Gasteiger partial charge on any atom is -0.444 e. The molecule has 2 saturated heterocycles. The average Bonchev–Trinajstić information content (AvgIpc) is 3.20. The topological polar surface area (TPSA) is 90.1 Å². The van der Waals surface area contributed by atoms with Crippen molar-refractivity contribution in [2.24, 2.45) is 15.0 Å². The molecule has 41 heavy (non-hydrogen) atoms. The number of amides is 1. The second kappa shape index (κ2) is 10.9. The molecule has 10 heteroatoms. The normalized spacial score (nSPS) is 22.8. The molecule has 0 saturated carbocycles. The minimum atomic E-state index is -0.812. The zero-order valence-corrected chi connectivity index (χ0v) is 23.2. The Labute approximate surface area is 237 Å². The second-order valence-corrected chi connectivity index (χ2v) is 11.1. The number of nitrogens with zero attached hydrogens (tertiary/aromatic N) is 5. The van der Waals surface area contributed by atoms with Gasteiger partial charge in [0, 0.05) is 30.3 Å². The van der Waals surface area contributed by atoms with E-state index in [1.54, 1.807) is 29.2 Å². The van der Waals surface area contributed by atoms with Crippen molar-refractivity contribution >= 4 is 41.2 Å². The van der Waals surface area contributed by atoms with Crippen molar-refractivity contribution in [3.63, 3.8) is 0 Å². The highest BCUT2D eigenvalue weighted by Gasteiger charge is 2.45. The summed E-state index contributed by atoms with van der Waals surface area (Å²) in [4.78, 5) is 29.3. The summed E-state index contributed by atoms with van der Waals surface area (Å²) >= 11 is 0. The zero-order valence-electron chi connectivity index (χ0n) is 23.2. The summed E-state index contributed by atoms with van der Waals surface area (Å²) in [7, 11) is 0. The second-order valence-electron chi connectivity index (χ2n) is 11.1. The summed E-state index contributed by atoms with van der Waals surface area (Å²) in [5.41, 5.74) is -0.322. The van der Waals surface area contributed by atoms with Gasteiger partial charge in [0.2, 0.25) is 0 Å². The molecule has 0 spiro atoms. The van der Waals surface area contributed by atoms with Gasteiger partial charge in [0.05, 0.1) is 23.2 Å². The number of aliphatic hydroxyl groups excluding tert-OH is 1. The first-order valence-electron chi connectivity index (χ1n) is 13.3. The van der Waals surface area contributed by atoms with Gasteiger partial charge in [0.1, 0.15) is 35.4 Å². The number of fused-ring (bicyclic) bond motifs is 3. The lowest BCUT2D eigenvalue weighted by Gasteiger charge is -2.42. The van der Waals surface area contributed by atoms with Gasteiger partial charge in [-0.25, -0.2) is 18.6 Å². The van der Waals surface area contributed by atoms with Crippen LogP contribution in [0.25, 0.3) is 16.5 Å². The molecular formula is C31H31F2N5O3. The van der Waals surface area contributed by atoms with Gasteiger partial charge in [0.25, 0.3) is 0 Å². The van der Waals surface area contributed by atoms with E-state index in [0.29, 0.717) is 35.2 Å². The summed E-state index contributed by atoms with van der Waals surface area (Å²) in [6.45, 7) is 9.38. The van der Waals surface area contributed by atoms with Crippen LogP contribution in [0.1, 0.15) is 44.7 Å². The van der Waals surface area contributed by atoms with Gasteiger partial charge in [-0.05, 0) is 51.8 Å². The van der Waals surface area contributed by atoms with Gasteiger partial charge in [0.15, 0.2) is 5.83 Å². The third-order valence-corrected chi connectivity index (χ3v) is 7.39. The SMILES string of the molecule is C#Cc1c(F)ccc2cccc(C3=C(F)C(=N/CO)/C(=C(\N=C)N4CC5CCC(C4)N5C(=O)OC(C)(C)C)C=N3)c12. The van der Waals surface area contributed by atoms with E-state index in [1.807, 2.05) is 25.7 Å². The molecule has 0 aliphatic carbocycles. The van der Waals surface area contributed by atoms with Crippen molar-refractivity contribution in [1.82, 2.24) is 9.80 Å². The van der Waals surface area contributed by atoms with E-state index in [0.717, 1.165) is 12.8 Å². The summed E-state index contributed by atoms with van der Waals surface area (Å²) in [6, 6.07) is 7.67. The van der Waals surface area contributed by atoms with E-state index in [1.165, 1.54) is 12.3 Å². The number of halogens is 2. The van der Waals surface area contributed by atoms with E-state index < -0.39 is 24.0 Å². The molecule has 2 aromatic rings. The number of piperazine rings is 1. The largest absolute Gasteiger partial charge is 0.444 e. The van der Waals surface area contributed by atoms with Gasteiger partial charge in [-0.1, -0.05) is 30.2 Å². The molecule has 3 heterocycles. The van der Waals surface area contributed by atoms with Crippen molar-refractivity contribution < 1.29 is 23.4 Å². The number of likely N-dealkylation sites (tertiary alicyclic amines) is 1. The molecule has 212 valence electrons. The van der Waals surface area contributed by atoms with E-state index in [-0.39, 0.29) is 40.7 Å². The van der Waals surface area contributed by atoms with Crippen molar-refractivity contribution in [3.8, 4) is 12.3 Å². The maximum absolute atomic E-state index is 16.2. The van der Waals surface area contributed by atoms with E-state index in [4.69, 9.17) is 11.2 Å². The van der Waals surface area contributed by atoms with Crippen molar-refractivity contribution in [3.05, 3.63) is 64.5 Å². The van der Waals surface area contributed by atoms with Crippen LogP contribution in [0.5, 0.6) is 0 Å². The number of benzene rings is 2. The van der Waals surface area contributed by atoms with Gasteiger partial charge in [-0.3, -0.25) is 14.9 Å². The Morgan fingerprint density at radius 3 is 2.54 bits per heavy atom. The molecule has 2 aromatic carbocycles. The Morgan fingerprint density at radius 2 is 1.93 bits per heavy atom. The molecule has 2 unspecified atom stereocenters. The number of hydrogen-bond donors (Lipinski definition) is 1. The molecule has 8 nitrogen and oxygen atoms in total. The molecule has 2 fully saturated rings. The number of aliphatic imine (C=N–C) groups is 3. The average molecular weight is 560 g/mol. The highest BCUT2D eigenvalue weighted by Crippen LogP contribution is 2.38. The summed E-state index contributed by atoms with van der Waals surface area (Å²) < 4.78 is 36.5. The summed E-state index contributed by atoms with van der Waals surface area (Å²) in [5.74, 6) is 1.29. The Hall–Kier alpha value is -4.36. The lowest BCUT2D eigenvalue weighted by Crippen LogP contribution is -2.56. The van der Waals surface area contributed by atoms with Crippen molar-refractivity contribution in [2.45, 2.75) is 51.3 Å². The number of rotatable bonds is 4. The Bertz CT molecular complexity index is 1580. The molecule has 5 rings (SSSR count). The molecule has 0 aromatic heterocycles. The maximum Gasteiger partial charge on any atom is 0.410 e. The highest BCUT2D eigenvalue weighted by molar-refractivity contribution is 6.29. The first kappa shape index (κ1) is 28.2. The number of carbonyl (C=O) groups is 1. The predicted molar refractivity (Wildman–Crippen MR) is 156 cm³/mol. The van der Waals surface area contributed by atoms with Gasteiger partial charge in [-0.2, -0.15) is 0 Å². The standard InChI is InChI=1S/C31H31F2N5O3/c1-6-21-24(32)13-10-18-8-7-9-22(25(18)21)27-26(33)28(36-17-39)23(14-35-27)29(34-5)37-15-19-11-12-20(16-37)38(19)30(40)41-31(2,3)4/h1,7-10,13-14,19-20,39H,5,11-12,15-17H2,2-4H3/b29-23+,36-28+. The molecule has 2 bridgehead atoms. The van der Waals surface area contributed by atoms with Crippen LogP contribution >= 0.6 is 0 Å². The van der Waals surface area contributed by atoms with Gasteiger partial charge in [-0.15, -0.1) is 6.42 Å².